The Morgan fingerprint density at radius 2 is 2.35 bits per heavy atom. The van der Waals surface area contributed by atoms with Gasteiger partial charge in [0.15, 0.2) is 5.82 Å². The number of nitrogens with one attached hydrogen (secondary N) is 1. The molecule has 1 saturated heterocycles. The molecule has 0 spiro atoms. The molecule has 9 nitrogen and oxygen atoms in total. The van der Waals surface area contributed by atoms with Crippen molar-refractivity contribution in [1.29, 1.82) is 0 Å². The summed E-state index contributed by atoms with van der Waals surface area (Å²) < 4.78 is 10.1. The lowest BCUT2D eigenvalue weighted by Gasteiger charge is -2.35. The molecule has 0 radical (unpaired) electrons. The second-order valence-electron chi connectivity index (χ2n) is 6.25. The van der Waals surface area contributed by atoms with Crippen LogP contribution >= 0.6 is 0 Å². The quantitative estimate of drug-likeness (QED) is 0.774. The molecule has 1 fully saturated rings. The van der Waals surface area contributed by atoms with E-state index in [9.17, 15) is 9.59 Å². The summed E-state index contributed by atoms with van der Waals surface area (Å²) in [5.41, 5.74) is 0.978. The summed E-state index contributed by atoms with van der Waals surface area (Å²) in [6.45, 7) is 6.18. The number of furan rings is 1. The van der Waals surface area contributed by atoms with Gasteiger partial charge in [-0.15, -0.1) is 0 Å². The number of nitrogens with zero attached hydrogens (tertiary/aromatic N) is 4. The van der Waals surface area contributed by atoms with Gasteiger partial charge in [0.05, 0.1) is 31.5 Å². The Morgan fingerprint density at radius 1 is 1.50 bits per heavy atom. The molecule has 1 atom stereocenters. The molecular weight excluding hydrogens is 338 g/mol. The lowest BCUT2D eigenvalue weighted by atomic mass is 10.1. The van der Waals surface area contributed by atoms with Crippen molar-refractivity contribution in [2.75, 3.05) is 19.6 Å². The van der Waals surface area contributed by atoms with E-state index in [1.54, 1.807) is 24.3 Å². The van der Waals surface area contributed by atoms with Gasteiger partial charge in [-0.05, 0) is 13.0 Å². The number of aromatic nitrogens is 2. The highest BCUT2D eigenvalue weighted by Crippen LogP contribution is 2.16. The summed E-state index contributed by atoms with van der Waals surface area (Å²) >= 11 is 0. The van der Waals surface area contributed by atoms with Crippen LogP contribution in [-0.2, 0) is 22.7 Å². The topological polar surface area (TPSA) is 105 Å². The molecule has 0 aromatic carbocycles. The van der Waals surface area contributed by atoms with E-state index < -0.39 is 6.04 Å². The number of carbonyl (C=O) groups excluding carboxylic acids is 2. The average Bonchev–Trinajstić information content (AvgIpc) is 3.27. The van der Waals surface area contributed by atoms with Crippen LogP contribution in [0.5, 0.6) is 0 Å². The Morgan fingerprint density at radius 3 is 3.00 bits per heavy atom. The van der Waals surface area contributed by atoms with Crippen molar-refractivity contribution in [1.82, 2.24) is 25.3 Å². The fraction of sp³-hybridized carbons (Fsp3) is 0.529. The van der Waals surface area contributed by atoms with Crippen LogP contribution in [0.1, 0.15) is 30.6 Å². The standard InChI is InChI=1S/C17H23N5O4/c1-3-21(10-15-19-12(2)26-20-15)16(23)8-14-17(24)18-5-6-22(14)9-13-4-7-25-11-13/h4,7,11,14H,3,5-6,8-10H2,1-2H3,(H,18,24)/t14-/m1/s1. The van der Waals surface area contributed by atoms with E-state index in [-0.39, 0.29) is 24.8 Å². The predicted molar refractivity (Wildman–Crippen MR) is 90.7 cm³/mol. The van der Waals surface area contributed by atoms with E-state index >= 15 is 0 Å². The maximum Gasteiger partial charge on any atom is 0.237 e. The Labute approximate surface area is 151 Å². The maximum absolute atomic E-state index is 12.8. The fourth-order valence-electron chi connectivity index (χ4n) is 3.04. The first-order valence-electron chi connectivity index (χ1n) is 8.66. The molecule has 1 aliphatic rings. The molecule has 2 amide bonds. The Hall–Kier alpha value is -2.68. The number of amides is 2. The smallest absolute Gasteiger partial charge is 0.237 e. The molecule has 1 aliphatic heterocycles. The van der Waals surface area contributed by atoms with Crippen LogP contribution in [0.2, 0.25) is 0 Å². The number of carbonyl (C=O) groups is 2. The third-order valence-corrected chi connectivity index (χ3v) is 4.41. The maximum atomic E-state index is 12.8. The largest absolute Gasteiger partial charge is 0.472 e. The van der Waals surface area contributed by atoms with Gasteiger partial charge in [-0.3, -0.25) is 14.5 Å². The van der Waals surface area contributed by atoms with Gasteiger partial charge < -0.3 is 19.2 Å². The van der Waals surface area contributed by atoms with Crippen LogP contribution < -0.4 is 5.32 Å². The minimum absolute atomic E-state index is 0.106. The Bertz CT molecular complexity index is 742. The molecule has 1 N–H and O–H groups in total. The van der Waals surface area contributed by atoms with Crippen LogP contribution in [-0.4, -0.2) is 57.4 Å². The van der Waals surface area contributed by atoms with Crippen molar-refractivity contribution in [2.45, 2.75) is 39.4 Å². The molecule has 0 unspecified atom stereocenters. The first-order chi connectivity index (χ1) is 12.6. The second-order valence-corrected chi connectivity index (χ2v) is 6.25. The predicted octanol–water partition coefficient (Wildman–Crippen LogP) is 0.710. The molecular formula is C17H23N5O4. The summed E-state index contributed by atoms with van der Waals surface area (Å²) in [7, 11) is 0. The number of piperazine rings is 1. The molecule has 3 rings (SSSR count). The van der Waals surface area contributed by atoms with Crippen LogP contribution in [0.3, 0.4) is 0 Å². The Kier molecular flexibility index (Phi) is 5.67. The van der Waals surface area contributed by atoms with Gasteiger partial charge in [0.1, 0.15) is 0 Å². The van der Waals surface area contributed by atoms with Crippen LogP contribution in [0.4, 0.5) is 0 Å². The molecule has 2 aromatic heterocycles. The molecule has 0 bridgehead atoms. The van der Waals surface area contributed by atoms with Crippen LogP contribution in [0.25, 0.3) is 0 Å². The highest BCUT2D eigenvalue weighted by atomic mass is 16.5. The average molecular weight is 361 g/mol. The van der Waals surface area contributed by atoms with Crippen LogP contribution in [0.15, 0.2) is 27.5 Å². The fourth-order valence-corrected chi connectivity index (χ4v) is 3.04. The van der Waals surface area contributed by atoms with Gasteiger partial charge >= 0.3 is 0 Å². The summed E-state index contributed by atoms with van der Waals surface area (Å²) in [4.78, 5) is 32.9. The van der Waals surface area contributed by atoms with Gasteiger partial charge in [-0.25, -0.2) is 0 Å². The van der Waals surface area contributed by atoms with E-state index in [0.717, 1.165) is 5.56 Å². The van der Waals surface area contributed by atoms with E-state index in [4.69, 9.17) is 8.94 Å². The van der Waals surface area contributed by atoms with Gasteiger partial charge in [-0.2, -0.15) is 4.98 Å². The molecule has 2 aromatic rings. The molecule has 0 aliphatic carbocycles. The van der Waals surface area contributed by atoms with Crippen molar-refractivity contribution in [3.63, 3.8) is 0 Å². The zero-order valence-electron chi connectivity index (χ0n) is 15.0. The molecule has 140 valence electrons. The van der Waals surface area contributed by atoms with Crippen molar-refractivity contribution in [3.8, 4) is 0 Å². The highest BCUT2D eigenvalue weighted by molar-refractivity contribution is 5.88. The Balaban J connectivity index is 1.66. The van der Waals surface area contributed by atoms with E-state index in [1.165, 1.54) is 0 Å². The highest BCUT2D eigenvalue weighted by Gasteiger charge is 2.33. The molecule has 26 heavy (non-hydrogen) atoms. The number of rotatable bonds is 7. The number of hydrogen-bond donors (Lipinski definition) is 1. The van der Waals surface area contributed by atoms with Gasteiger partial charge in [-0.1, -0.05) is 5.16 Å². The third-order valence-electron chi connectivity index (χ3n) is 4.41. The summed E-state index contributed by atoms with van der Waals surface area (Å²) in [6, 6.07) is 1.36. The normalized spacial score (nSPS) is 17.9. The first kappa shape index (κ1) is 18.1. The summed E-state index contributed by atoms with van der Waals surface area (Å²) in [5, 5.41) is 6.68. The van der Waals surface area contributed by atoms with Crippen LogP contribution in [0, 0.1) is 6.92 Å². The van der Waals surface area contributed by atoms with Crippen molar-refractivity contribution >= 4 is 11.8 Å². The zero-order valence-corrected chi connectivity index (χ0v) is 15.0. The number of aryl methyl sites for hydroxylation is 1. The summed E-state index contributed by atoms with van der Waals surface area (Å²) in [6.07, 6.45) is 3.36. The summed E-state index contributed by atoms with van der Waals surface area (Å²) in [5.74, 6) is 0.677. The van der Waals surface area contributed by atoms with Crippen molar-refractivity contribution in [3.05, 3.63) is 35.9 Å². The van der Waals surface area contributed by atoms with Gasteiger partial charge in [0.2, 0.25) is 17.7 Å². The van der Waals surface area contributed by atoms with E-state index in [2.05, 4.69) is 15.5 Å². The molecule has 9 heteroatoms. The lowest BCUT2D eigenvalue weighted by molar-refractivity contribution is -0.139. The van der Waals surface area contributed by atoms with E-state index in [0.29, 0.717) is 37.9 Å². The monoisotopic (exact) mass is 361 g/mol. The second kappa shape index (κ2) is 8.13. The minimum Gasteiger partial charge on any atom is -0.472 e. The van der Waals surface area contributed by atoms with Crippen molar-refractivity contribution < 1.29 is 18.5 Å². The minimum atomic E-state index is -0.507. The molecule has 3 heterocycles. The number of hydrogen-bond acceptors (Lipinski definition) is 7. The SMILES string of the molecule is CCN(Cc1noc(C)n1)C(=O)C[C@@H]1C(=O)NCCN1Cc1ccoc1. The van der Waals surface area contributed by atoms with Gasteiger partial charge in [0.25, 0.3) is 0 Å². The zero-order chi connectivity index (χ0) is 18.5. The van der Waals surface area contributed by atoms with Crippen molar-refractivity contribution in [2.24, 2.45) is 0 Å². The first-order valence-corrected chi connectivity index (χ1v) is 8.66. The lowest BCUT2D eigenvalue weighted by Crippen LogP contribution is -2.56. The third kappa shape index (κ3) is 4.29. The van der Waals surface area contributed by atoms with E-state index in [1.807, 2.05) is 17.9 Å². The van der Waals surface area contributed by atoms with Gasteiger partial charge in [0, 0.05) is 38.7 Å². The molecule has 0 saturated carbocycles.